The number of amides is 4. The molecular formula is C17H26N4O8. The molecule has 12 nitrogen and oxygen atoms in total. The molecular weight excluding hydrogens is 388 g/mol. The number of nitrogens with one attached hydrogen (secondary N) is 2. The predicted octanol–water partition coefficient (Wildman–Crippen LogP) is -1.82. The van der Waals surface area contributed by atoms with Crippen LogP contribution in [0.3, 0.4) is 0 Å². The summed E-state index contributed by atoms with van der Waals surface area (Å²) in [5.74, 6) is -5.10. The zero-order valence-corrected chi connectivity index (χ0v) is 16.1. The van der Waals surface area contributed by atoms with E-state index in [0.717, 1.165) is 0 Å². The van der Waals surface area contributed by atoms with Crippen LogP contribution in [0, 0.1) is 0 Å². The van der Waals surface area contributed by atoms with Crippen LogP contribution in [0.4, 0.5) is 0 Å². The second-order valence-electron chi connectivity index (χ2n) is 6.76. The minimum absolute atomic E-state index is 0.253. The third-order valence-corrected chi connectivity index (χ3v) is 4.55. The maximum Gasteiger partial charge on any atom is 0.303 e. The summed E-state index contributed by atoms with van der Waals surface area (Å²) in [6.45, 7) is 1.72. The molecule has 0 unspecified atom stereocenters. The number of nitrogens with two attached hydrogens (primary N) is 1. The summed E-state index contributed by atoms with van der Waals surface area (Å²) in [4.78, 5) is 71.1. The lowest BCUT2D eigenvalue weighted by Gasteiger charge is -2.26. The molecule has 29 heavy (non-hydrogen) atoms. The first-order valence-corrected chi connectivity index (χ1v) is 9.13. The van der Waals surface area contributed by atoms with Crippen molar-refractivity contribution in [2.45, 2.75) is 63.6 Å². The van der Waals surface area contributed by atoms with Crippen LogP contribution in [0.5, 0.6) is 0 Å². The number of likely N-dealkylation sites (tertiary alicyclic amines) is 1. The lowest BCUT2D eigenvalue weighted by molar-refractivity contribution is -0.140. The molecule has 1 fully saturated rings. The third kappa shape index (κ3) is 7.76. The smallest absolute Gasteiger partial charge is 0.303 e. The Kier molecular flexibility index (Phi) is 9.03. The monoisotopic (exact) mass is 414 g/mol. The van der Waals surface area contributed by atoms with Crippen LogP contribution < -0.4 is 16.4 Å². The molecule has 0 spiro atoms. The van der Waals surface area contributed by atoms with Gasteiger partial charge in [0, 0.05) is 26.3 Å². The second-order valence-corrected chi connectivity index (χ2v) is 6.76. The highest BCUT2D eigenvalue weighted by Crippen LogP contribution is 2.18. The number of carboxylic acid groups (broad SMARTS) is 2. The number of primary amides is 1. The number of nitrogens with zero attached hydrogens (tertiary/aromatic N) is 1. The Balaban J connectivity index is 2.86. The molecule has 4 amide bonds. The van der Waals surface area contributed by atoms with Gasteiger partial charge in [-0.05, 0) is 25.7 Å². The summed E-state index contributed by atoms with van der Waals surface area (Å²) in [7, 11) is 0. The first-order valence-electron chi connectivity index (χ1n) is 9.13. The van der Waals surface area contributed by atoms with Gasteiger partial charge in [0.2, 0.25) is 23.6 Å². The Morgan fingerprint density at radius 1 is 1.00 bits per heavy atom. The van der Waals surface area contributed by atoms with Crippen LogP contribution in [0.1, 0.15) is 45.4 Å². The van der Waals surface area contributed by atoms with Crippen LogP contribution in [0.25, 0.3) is 0 Å². The molecule has 0 saturated carbocycles. The van der Waals surface area contributed by atoms with Crippen LogP contribution in [-0.4, -0.2) is 75.4 Å². The fourth-order valence-corrected chi connectivity index (χ4v) is 3.05. The van der Waals surface area contributed by atoms with E-state index in [0.29, 0.717) is 19.4 Å². The predicted molar refractivity (Wildman–Crippen MR) is 97.2 cm³/mol. The van der Waals surface area contributed by atoms with E-state index in [1.165, 1.54) is 11.8 Å². The Morgan fingerprint density at radius 2 is 1.55 bits per heavy atom. The Bertz CT molecular complexity index is 680. The maximum absolute atomic E-state index is 12.6. The van der Waals surface area contributed by atoms with Gasteiger partial charge in [-0.15, -0.1) is 0 Å². The number of aliphatic carboxylic acids is 2. The second kappa shape index (κ2) is 11.0. The molecule has 1 rings (SSSR count). The Labute approximate surface area is 166 Å². The van der Waals surface area contributed by atoms with Gasteiger partial charge in [-0.1, -0.05) is 0 Å². The molecule has 0 bridgehead atoms. The van der Waals surface area contributed by atoms with Crippen molar-refractivity contribution in [3.63, 3.8) is 0 Å². The minimum Gasteiger partial charge on any atom is -0.481 e. The molecule has 0 aliphatic carbocycles. The van der Waals surface area contributed by atoms with Crippen LogP contribution >= 0.6 is 0 Å². The number of carbonyl (C=O) groups excluding carboxylic acids is 4. The third-order valence-electron chi connectivity index (χ3n) is 4.55. The topological polar surface area (TPSA) is 196 Å². The average Bonchev–Trinajstić information content (AvgIpc) is 3.11. The highest BCUT2D eigenvalue weighted by molar-refractivity contribution is 5.94. The highest BCUT2D eigenvalue weighted by atomic mass is 16.4. The molecule has 1 aliphatic heterocycles. The molecule has 12 heteroatoms. The normalized spacial score (nSPS) is 17.8. The number of rotatable bonds is 11. The molecule has 0 aromatic rings. The first kappa shape index (κ1) is 23.9. The summed E-state index contributed by atoms with van der Waals surface area (Å²) in [6, 6.07) is -3.35. The van der Waals surface area contributed by atoms with Gasteiger partial charge in [0.05, 0.1) is 0 Å². The summed E-state index contributed by atoms with van der Waals surface area (Å²) in [5, 5.41) is 22.3. The SMILES string of the molecule is CC(=O)N1CCC[C@H]1C(=O)N[C@@H](CCC(=O)O)C(=O)N[C@@H](CCC(=O)O)C(N)=O. The zero-order chi connectivity index (χ0) is 22.1. The molecule has 3 atom stereocenters. The van der Waals surface area contributed by atoms with Crippen molar-refractivity contribution in [2.75, 3.05) is 6.54 Å². The molecule has 1 heterocycles. The van der Waals surface area contributed by atoms with Crippen molar-refractivity contribution < 1.29 is 39.0 Å². The van der Waals surface area contributed by atoms with E-state index in [9.17, 15) is 28.8 Å². The highest BCUT2D eigenvalue weighted by Gasteiger charge is 2.35. The van der Waals surface area contributed by atoms with Crippen molar-refractivity contribution in [1.29, 1.82) is 0 Å². The van der Waals surface area contributed by atoms with Gasteiger partial charge in [0.1, 0.15) is 18.1 Å². The molecule has 0 aromatic carbocycles. The zero-order valence-electron chi connectivity index (χ0n) is 16.1. The summed E-state index contributed by atoms with van der Waals surface area (Å²) < 4.78 is 0. The Hall–Kier alpha value is -3.18. The van der Waals surface area contributed by atoms with Gasteiger partial charge in [0.15, 0.2) is 0 Å². The standard InChI is InChI=1S/C17H26N4O8/c1-9(22)21-8-2-3-12(21)17(29)20-11(5-7-14(25)26)16(28)19-10(15(18)27)4-6-13(23)24/h10-12H,2-8H2,1H3,(H2,18,27)(H,19,28)(H,20,29)(H,23,24)(H,25,26)/t10-,11-,12-/m0/s1. The summed E-state index contributed by atoms with van der Waals surface area (Å²) in [6.07, 6.45) is -0.351. The van der Waals surface area contributed by atoms with Crippen LogP contribution in [-0.2, 0) is 28.8 Å². The number of hydrogen-bond donors (Lipinski definition) is 5. The molecule has 1 aliphatic rings. The molecule has 1 saturated heterocycles. The van der Waals surface area contributed by atoms with Gasteiger partial charge in [-0.2, -0.15) is 0 Å². The number of carboxylic acids is 2. The van der Waals surface area contributed by atoms with Crippen molar-refractivity contribution in [2.24, 2.45) is 5.73 Å². The van der Waals surface area contributed by atoms with Crippen molar-refractivity contribution in [1.82, 2.24) is 15.5 Å². The van der Waals surface area contributed by atoms with E-state index < -0.39 is 60.6 Å². The number of hydrogen-bond acceptors (Lipinski definition) is 6. The maximum atomic E-state index is 12.6. The molecule has 162 valence electrons. The van der Waals surface area contributed by atoms with Gasteiger partial charge in [-0.3, -0.25) is 28.8 Å². The summed E-state index contributed by atoms with van der Waals surface area (Å²) in [5.41, 5.74) is 5.17. The van der Waals surface area contributed by atoms with E-state index >= 15 is 0 Å². The van der Waals surface area contributed by atoms with Gasteiger partial charge < -0.3 is 31.5 Å². The van der Waals surface area contributed by atoms with Crippen LogP contribution in [0.15, 0.2) is 0 Å². The van der Waals surface area contributed by atoms with E-state index in [1.54, 1.807) is 0 Å². The largest absolute Gasteiger partial charge is 0.481 e. The van der Waals surface area contributed by atoms with Crippen molar-refractivity contribution >= 4 is 35.6 Å². The summed E-state index contributed by atoms with van der Waals surface area (Å²) >= 11 is 0. The minimum atomic E-state index is -1.29. The lowest BCUT2D eigenvalue weighted by Crippen LogP contribution is -2.56. The quantitative estimate of drug-likeness (QED) is 0.260. The van der Waals surface area contributed by atoms with Crippen molar-refractivity contribution in [3.05, 3.63) is 0 Å². The van der Waals surface area contributed by atoms with Gasteiger partial charge in [-0.25, -0.2) is 0 Å². The number of carbonyl (C=O) groups is 6. The molecule has 6 N–H and O–H groups in total. The van der Waals surface area contributed by atoms with E-state index in [-0.39, 0.29) is 18.7 Å². The molecule has 0 aromatic heterocycles. The van der Waals surface area contributed by atoms with E-state index in [4.69, 9.17) is 15.9 Å². The van der Waals surface area contributed by atoms with E-state index in [2.05, 4.69) is 10.6 Å². The van der Waals surface area contributed by atoms with E-state index in [1.807, 2.05) is 0 Å². The Morgan fingerprint density at radius 3 is 2.03 bits per heavy atom. The molecule has 0 radical (unpaired) electrons. The fourth-order valence-electron chi connectivity index (χ4n) is 3.05. The van der Waals surface area contributed by atoms with Crippen molar-refractivity contribution in [3.8, 4) is 0 Å². The first-order chi connectivity index (χ1) is 13.5. The van der Waals surface area contributed by atoms with Gasteiger partial charge >= 0.3 is 11.9 Å². The van der Waals surface area contributed by atoms with Gasteiger partial charge in [0.25, 0.3) is 0 Å². The van der Waals surface area contributed by atoms with Crippen LogP contribution in [0.2, 0.25) is 0 Å². The fraction of sp³-hybridized carbons (Fsp3) is 0.647. The lowest BCUT2D eigenvalue weighted by atomic mass is 10.1. The average molecular weight is 414 g/mol.